The van der Waals surface area contributed by atoms with Crippen molar-refractivity contribution in [1.29, 1.82) is 0 Å². The van der Waals surface area contributed by atoms with Gasteiger partial charge in [0.05, 0.1) is 9.95 Å². The molecule has 1 heterocycles. The van der Waals surface area contributed by atoms with Gasteiger partial charge in [0, 0.05) is 35.3 Å². The number of amides is 1. The van der Waals surface area contributed by atoms with Crippen LogP contribution >= 0.6 is 11.6 Å². The van der Waals surface area contributed by atoms with Crippen molar-refractivity contribution in [2.75, 3.05) is 5.32 Å². The summed E-state index contributed by atoms with van der Waals surface area (Å²) >= 11 is 6.34. The van der Waals surface area contributed by atoms with E-state index < -0.39 is 10.8 Å². The molecule has 0 unspecified atom stereocenters. The van der Waals surface area contributed by atoms with Gasteiger partial charge < -0.3 is 9.88 Å². The topological polar surface area (TPSA) is 77.2 Å². The highest BCUT2D eigenvalue weighted by atomic mass is 35.5. The lowest BCUT2D eigenvalue weighted by molar-refractivity contribution is -0.385. The van der Waals surface area contributed by atoms with Crippen LogP contribution in [-0.4, -0.2) is 15.4 Å². The smallest absolute Gasteiger partial charge is 0.274 e. The number of nitrogens with one attached hydrogen (secondary N) is 1. The lowest BCUT2D eigenvalue weighted by Crippen LogP contribution is -2.16. The number of carbonyl (C=O) groups is 1. The molecule has 24 heavy (non-hydrogen) atoms. The summed E-state index contributed by atoms with van der Waals surface area (Å²) in [6, 6.07) is 12.0. The third kappa shape index (κ3) is 2.61. The monoisotopic (exact) mass is 343 g/mol. The van der Waals surface area contributed by atoms with Crippen LogP contribution in [0.2, 0.25) is 5.02 Å². The molecule has 3 aromatic rings. The van der Waals surface area contributed by atoms with Crippen LogP contribution in [0.1, 0.15) is 16.1 Å². The highest BCUT2D eigenvalue weighted by Crippen LogP contribution is 2.30. The molecule has 1 aromatic heterocycles. The van der Waals surface area contributed by atoms with Gasteiger partial charge in [0.2, 0.25) is 0 Å². The number of fused-ring (bicyclic) bond motifs is 1. The zero-order valence-electron chi connectivity index (χ0n) is 13.0. The van der Waals surface area contributed by atoms with Crippen LogP contribution in [0.15, 0.2) is 42.5 Å². The number of benzene rings is 2. The van der Waals surface area contributed by atoms with Gasteiger partial charge in [-0.3, -0.25) is 14.9 Å². The summed E-state index contributed by atoms with van der Waals surface area (Å²) < 4.78 is 1.70. The van der Waals surface area contributed by atoms with Crippen LogP contribution in [0.3, 0.4) is 0 Å². The number of rotatable bonds is 3. The molecule has 0 aliphatic heterocycles. The molecular weight excluding hydrogens is 330 g/mol. The molecule has 0 bridgehead atoms. The number of carbonyl (C=O) groups excluding carboxylic acids is 1. The van der Waals surface area contributed by atoms with E-state index in [0.717, 1.165) is 10.9 Å². The summed E-state index contributed by atoms with van der Waals surface area (Å²) in [7, 11) is 1.75. The standard InChI is InChI=1S/C17H14ClN3O3/c1-10-7-8-11(9-14(10)21(23)24)19-17(22)16-15(18)12-5-3-4-6-13(12)20(16)2/h3-9H,1-2H3,(H,19,22). The first-order valence-corrected chi connectivity index (χ1v) is 7.57. The van der Waals surface area contributed by atoms with Crippen molar-refractivity contribution in [1.82, 2.24) is 4.57 Å². The Morgan fingerprint density at radius 2 is 1.96 bits per heavy atom. The number of aryl methyl sites for hydroxylation is 2. The minimum Gasteiger partial charge on any atom is -0.338 e. The van der Waals surface area contributed by atoms with Crippen LogP contribution in [0.25, 0.3) is 10.9 Å². The van der Waals surface area contributed by atoms with E-state index in [1.54, 1.807) is 30.7 Å². The SMILES string of the molecule is Cc1ccc(NC(=O)c2c(Cl)c3ccccc3n2C)cc1[N+](=O)[O-]. The number of hydrogen-bond donors (Lipinski definition) is 1. The van der Waals surface area contributed by atoms with E-state index in [9.17, 15) is 14.9 Å². The Labute approximate surface area is 142 Å². The van der Waals surface area contributed by atoms with Crippen molar-refractivity contribution < 1.29 is 9.72 Å². The first-order valence-electron chi connectivity index (χ1n) is 7.19. The number of halogens is 1. The summed E-state index contributed by atoms with van der Waals surface area (Å²) in [5.74, 6) is -0.420. The summed E-state index contributed by atoms with van der Waals surface area (Å²) in [4.78, 5) is 23.2. The maximum absolute atomic E-state index is 12.6. The van der Waals surface area contributed by atoms with Crippen molar-refractivity contribution in [3.05, 3.63) is 68.9 Å². The Hall–Kier alpha value is -2.86. The van der Waals surface area contributed by atoms with E-state index in [2.05, 4.69) is 5.32 Å². The minimum absolute atomic E-state index is 0.0454. The summed E-state index contributed by atoms with van der Waals surface area (Å²) in [6.07, 6.45) is 0. The molecule has 0 saturated heterocycles. The van der Waals surface area contributed by atoms with Gasteiger partial charge in [-0.1, -0.05) is 35.9 Å². The largest absolute Gasteiger partial charge is 0.338 e. The molecule has 7 heteroatoms. The van der Waals surface area contributed by atoms with E-state index in [-0.39, 0.29) is 5.69 Å². The van der Waals surface area contributed by atoms with E-state index in [1.807, 2.05) is 24.3 Å². The normalized spacial score (nSPS) is 10.8. The number of anilines is 1. The predicted octanol–water partition coefficient (Wildman–Crippen LogP) is 4.30. The third-order valence-electron chi connectivity index (χ3n) is 3.92. The molecule has 0 spiro atoms. The maximum Gasteiger partial charge on any atom is 0.274 e. The molecule has 3 rings (SSSR count). The van der Waals surface area contributed by atoms with Gasteiger partial charge in [0.1, 0.15) is 5.69 Å². The van der Waals surface area contributed by atoms with Gasteiger partial charge in [0.15, 0.2) is 0 Å². The number of nitro benzene ring substituents is 1. The van der Waals surface area contributed by atoms with Gasteiger partial charge >= 0.3 is 0 Å². The number of para-hydroxylation sites is 1. The molecule has 0 aliphatic rings. The molecule has 0 radical (unpaired) electrons. The van der Waals surface area contributed by atoms with Gasteiger partial charge in [-0.05, 0) is 19.1 Å². The molecule has 122 valence electrons. The second kappa shape index (κ2) is 5.98. The van der Waals surface area contributed by atoms with Gasteiger partial charge in [0.25, 0.3) is 11.6 Å². The summed E-state index contributed by atoms with van der Waals surface area (Å²) in [5, 5.41) is 14.8. The van der Waals surface area contributed by atoms with E-state index in [4.69, 9.17) is 11.6 Å². The van der Waals surface area contributed by atoms with E-state index >= 15 is 0 Å². The van der Waals surface area contributed by atoms with Crippen molar-refractivity contribution in [3.8, 4) is 0 Å². The van der Waals surface area contributed by atoms with E-state index in [0.29, 0.717) is 22.0 Å². The third-order valence-corrected chi connectivity index (χ3v) is 4.31. The molecule has 0 fully saturated rings. The fourth-order valence-electron chi connectivity index (χ4n) is 2.67. The van der Waals surface area contributed by atoms with Crippen LogP contribution < -0.4 is 5.32 Å². The lowest BCUT2D eigenvalue weighted by Gasteiger charge is -2.08. The van der Waals surface area contributed by atoms with Gasteiger partial charge in [-0.25, -0.2) is 0 Å². The fraction of sp³-hybridized carbons (Fsp3) is 0.118. The minimum atomic E-state index is -0.477. The molecule has 0 aliphatic carbocycles. The van der Waals surface area contributed by atoms with Crippen LogP contribution in [-0.2, 0) is 7.05 Å². The van der Waals surface area contributed by atoms with E-state index in [1.165, 1.54) is 6.07 Å². The van der Waals surface area contributed by atoms with Gasteiger partial charge in [-0.15, -0.1) is 0 Å². The predicted molar refractivity (Wildman–Crippen MR) is 93.7 cm³/mol. The summed E-state index contributed by atoms with van der Waals surface area (Å²) in [5.41, 5.74) is 1.97. The Bertz CT molecular complexity index is 940. The van der Waals surface area contributed by atoms with Gasteiger partial charge in [-0.2, -0.15) is 0 Å². The lowest BCUT2D eigenvalue weighted by atomic mass is 10.2. The first kappa shape index (κ1) is 16.0. The Morgan fingerprint density at radius 3 is 2.62 bits per heavy atom. The van der Waals surface area contributed by atoms with Crippen molar-refractivity contribution in [2.24, 2.45) is 7.05 Å². The Kier molecular flexibility index (Phi) is 3.99. The molecular formula is C17H14ClN3O3. The van der Waals surface area contributed by atoms with Crippen molar-refractivity contribution in [2.45, 2.75) is 6.92 Å². The molecule has 6 nitrogen and oxygen atoms in total. The zero-order valence-corrected chi connectivity index (χ0v) is 13.8. The Morgan fingerprint density at radius 1 is 1.25 bits per heavy atom. The number of nitro groups is 1. The fourth-order valence-corrected chi connectivity index (χ4v) is 3.05. The molecule has 2 aromatic carbocycles. The molecule has 0 atom stereocenters. The first-order chi connectivity index (χ1) is 11.4. The van der Waals surface area contributed by atoms with Crippen molar-refractivity contribution >= 4 is 39.8 Å². The highest BCUT2D eigenvalue weighted by Gasteiger charge is 2.20. The second-order valence-corrected chi connectivity index (χ2v) is 5.83. The van der Waals surface area contributed by atoms with Crippen LogP contribution in [0.4, 0.5) is 11.4 Å². The maximum atomic E-state index is 12.6. The molecule has 1 amide bonds. The quantitative estimate of drug-likeness (QED) is 0.569. The average molecular weight is 344 g/mol. The van der Waals surface area contributed by atoms with Crippen LogP contribution in [0, 0.1) is 17.0 Å². The molecule has 0 saturated carbocycles. The summed E-state index contributed by atoms with van der Waals surface area (Å²) in [6.45, 7) is 1.64. The number of nitrogens with zero attached hydrogens (tertiary/aromatic N) is 2. The zero-order chi connectivity index (χ0) is 17.4. The van der Waals surface area contributed by atoms with Crippen LogP contribution in [0.5, 0.6) is 0 Å². The Balaban J connectivity index is 1.99. The second-order valence-electron chi connectivity index (χ2n) is 5.45. The molecule has 1 N–H and O–H groups in total. The average Bonchev–Trinajstić information content (AvgIpc) is 2.81. The number of hydrogen-bond acceptors (Lipinski definition) is 3. The number of aromatic nitrogens is 1. The highest BCUT2D eigenvalue weighted by molar-refractivity contribution is 6.39. The van der Waals surface area contributed by atoms with Crippen molar-refractivity contribution in [3.63, 3.8) is 0 Å².